The van der Waals surface area contributed by atoms with E-state index in [0.717, 1.165) is 49.1 Å². The van der Waals surface area contributed by atoms with Crippen molar-refractivity contribution in [2.24, 2.45) is 34.0 Å². The molecule has 3 saturated carbocycles. The Kier molecular flexibility index (Phi) is 7.34. The van der Waals surface area contributed by atoms with Gasteiger partial charge in [0.05, 0.1) is 6.26 Å². The number of esters is 1. The fourth-order valence-electron chi connectivity index (χ4n) is 10.6. The molecule has 0 radical (unpaired) electrons. The van der Waals surface area contributed by atoms with Gasteiger partial charge in [-0.1, -0.05) is 33.3 Å². The summed E-state index contributed by atoms with van der Waals surface area (Å²) in [6.45, 7) is 9.38. The van der Waals surface area contributed by atoms with Crippen LogP contribution in [-0.2, 0) is 4.74 Å². The Bertz CT molecular complexity index is 1470. The number of benzene rings is 1. The minimum atomic E-state index is -1.10. The van der Waals surface area contributed by atoms with E-state index >= 15 is 0 Å². The van der Waals surface area contributed by atoms with E-state index in [2.05, 4.69) is 44.4 Å². The van der Waals surface area contributed by atoms with Gasteiger partial charge in [0.15, 0.2) is 5.60 Å². The van der Waals surface area contributed by atoms with Crippen LogP contribution in [0.2, 0.25) is 0 Å². The van der Waals surface area contributed by atoms with Crippen molar-refractivity contribution in [3.63, 3.8) is 0 Å². The minimum absolute atomic E-state index is 0.0594. The quantitative estimate of drug-likeness (QED) is 0.140. The molecule has 8 heteroatoms. The third-order valence-corrected chi connectivity index (χ3v) is 12.1. The topological polar surface area (TPSA) is 112 Å². The van der Waals surface area contributed by atoms with Crippen molar-refractivity contribution >= 4 is 17.9 Å². The lowest BCUT2D eigenvalue weighted by molar-refractivity contribution is -0.513. The average Bonchev–Trinajstić information content (AvgIpc) is 3.61. The smallest absolute Gasteiger partial charge is 0.374 e. The number of rotatable bonds is 7. The van der Waals surface area contributed by atoms with Gasteiger partial charge in [-0.05, 0) is 104 Å². The zero-order valence-electron chi connectivity index (χ0n) is 25.9. The van der Waals surface area contributed by atoms with Gasteiger partial charge in [0.1, 0.15) is 23.4 Å². The van der Waals surface area contributed by atoms with Crippen LogP contribution in [0.3, 0.4) is 0 Å². The molecule has 230 valence electrons. The fourth-order valence-corrected chi connectivity index (χ4v) is 10.6. The molecule has 43 heavy (non-hydrogen) atoms. The second-order valence-electron chi connectivity index (χ2n) is 14.2. The summed E-state index contributed by atoms with van der Waals surface area (Å²) in [5.74, 6) is 0.198. The molecule has 1 aromatic carbocycles. The second kappa shape index (κ2) is 10.5. The molecule has 1 aromatic heterocycles. The van der Waals surface area contributed by atoms with Crippen molar-refractivity contribution in [2.45, 2.75) is 78.0 Å². The summed E-state index contributed by atoms with van der Waals surface area (Å²) in [6, 6.07) is 9.78. The Morgan fingerprint density at radius 2 is 1.98 bits per heavy atom. The first kappa shape index (κ1) is 30.0. The first-order chi connectivity index (χ1) is 20.4. The van der Waals surface area contributed by atoms with Crippen LogP contribution in [0.1, 0.15) is 76.8 Å². The Morgan fingerprint density at radius 3 is 2.63 bits per heavy atom. The molecule has 1 unspecified atom stereocenters. The molecule has 7 nitrogen and oxygen atoms in total. The summed E-state index contributed by atoms with van der Waals surface area (Å²) in [6.07, 6.45) is 9.19. The number of carbonyl (C=O) groups excluding carboxylic acids is 1. The number of likely N-dealkylation sites (N-methyl/N-ethyl adjacent to an activating group) is 1. The van der Waals surface area contributed by atoms with Crippen molar-refractivity contribution < 1.29 is 28.8 Å². The van der Waals surface area contributed by atoms with Crippen molar-refractivity contribution in [3.05, 3.63) is 77.2 Å². The van der Waals surface area contributed by atoms with Crippen molar-refractivity contribution in [3.8, 4) is 0 Å². The summed E-state index contributed by atoms with van der Waals surface area (Å²) in [5, 5.41) is 25.0. The maximum atomic E-state index is 13.5. The predicted molar refractivity (Wildman–Crippen MR) is 162 cm³/mol. The number of halogens is 1. The number of nitrogens with two attached hydrogens (primary N) is 1. The first-order valence-corrected chi connectivity index (χ1v) is 15.6. The van der Waals surface area contributed by atoms with E-state index in [1.807, 2.05) is 0 Å². The van der Waals surface area contributed by atoms with Gasteiger partial charge in [-0.2, -0.15) is 0 Å². The fraction of sp³-hybridized carbons (Fsp3) is 0.543. The predicted octanol–water partition coefficient (Wildman–Crippen LogP) is 5.86. The highest BCUT2D eigenvalue weighted by Gasteiger charge is 2.73. The number of carbonyl (C=O) groups is 1. The SMILES string of the molecule is CNC(O)[C@@]1(OC(=O)c2ccco2)CC[C@H]2[C@]3(C)CCC4=CC([NH2+]c5ccc(F)cc5)=C(C=N)C[C@]4(C)[C@H]3[C@@H](C)C[C@@]21C. The van der Waals surface area contributed by atoms with E-state index in [9.17, 15) is 14.3 Å². The number of aliphatic hydroxyl groups is 1. The van der Waals surface area contributed by atoms with Gasteiger partial charge in [-0.3, -0.25) is 10.6 Å². The molecule has 3 fully saturated rings. The van der Waals surface area contributed by atoms with E-state index in [1.54, 1.807) is 31.3 Å². The lowest BCUT2D eigenvalue weighted by atomic mass is 9.38. The summed E-state index contributed by atoms with van der Waals surface area (Å²) in [7, 11) is 1.72. The van der Waals surface area contributed by atoms with Crippen molar-refractivity contribution in [1.29, 1.82) is 5.41 Å². The standard InChI is InChI=1S/C35H44FN3O4/c1-21-18-34(4)28(13-15-35(34,31(41)38-5)43-30(40)27-7-6-16-42-27)32(2)14-12-23-17-26(39-25-10-8-24(36)9-11-25)22(20-37)19-33(23,3)29(21)32/h6-11,16-17,20-21,28-29,31,37-39,41H,12-15,18-19H2,1-5H3/p+1/t21-,28-,29-,31?,32-,33-,34-,35-/m0/s1. The molecule has 0 saturated heterocycles. The van der Waals surface area contributed by atoms with Gasteiger partial charge in [-0.25, -0.2) is 9.18 Å². The van der Waals surface area contributed by atoms with Gasteiger partial charge in [-0.15, -0.1) is 0 Å². The Balaban J connectivity index is 1.35. The van der Waals surface area contributed by atoms with Crippen LogP contribution >= 0.6 is 0 Å². The molecule has 0 aliphatic heterocycles. The lowest BCUT2D eigenvalue weighted by Crippen LogP contribution is -2.76. The molecule has 2 aromatic rings. The van der Waals surface area contributed by atoms with Crippen molar-refractivity contribution in [2.75, 3.05) is 7.05 Å². The summed E-state index contributed by atoms with van der Waals surface area (Å²) in [5.41, 5.74) is 2.64. The number of quaternary nitrogens is 1. The monoisotopic (exact) mass is 590 g/mol. The van der Waals surface area contributed by atoms with Gasteiger partial charge in [0.25, 0.3) is 0 Å². The second-order valence-corrected chi connectivity index (χ2v) is 14.2. The van der Waals surface area contributed by atoms with Gasteiger partial charge in [0, 0.05) is 29.3 Å². The van der Waals surface area contributed by atoms with E-state index in [0.29, 0.717) is 12.3 Å². The molecule has 0 amide bonds. The van der Waals surface area contributed by atoms with Crippen LogP contribution in [0.25, 0.3) is 0 Å². The molecule has 4 aliphatic rings. The number of hydrogen-bond donors (Lipinski definition) is 4. The van der Waals surface area contributed by atoms with E-state index in [1.165, 1.54) is 30.2 Å². The number of aliphatic hydroxyl groups excluding tert-OH is 1. The molecule has 0 spiro atoms. The highest BCUT2D eigenvalue weighted by atomic mass is 19.1. The first-order valence-electron chi connectivity index (χ1n) is 15.6. The minimum Gasteiger partial charge on any atom is -0.457 e. The average molecular weight is 591 g/mol. The van der Waals surface area contributed by atoms with Crippen molar-refractivity contribution in [1.82, 2.24) is 5.32 Å². The highest BCUT2D eigenvalue weighted by molar-refractivity contribution is 5.86. The number of furan rings is 1. The zero-order valence-corrected chi connectivity index (χ0v) is 25.9. The molecule has 6 rings (SSSR count). The number of hydrogen-bond acceptors (Lipinski definition) is 6. The van der Waals surface area contributed by atoms with E-state index in [-0.39, 0.29) is 34.2 Å². The molecule has 4 aliphatic carbocycles. The van der Waals surface area contributed by atoms with Gasteiger partial charge < -0.3 is 19.7 Å². The molecule has 8 atom stereocenters. The molecular formula is C35H45FN3O4+. The van der Waals surface area contributed by atoms with Gasteiger partial charge >= 0.3 is 5.97 Å². The zero-order chi connectivity index (χ0) is 30.8. The number of allylic oxidation sites excluding steroid dienone is 3. The van der Waals surface area contributed by atoms with Gasteiger partial charge in [0.2, 0.25) is 5.76 Å². The van der Waals surface area contributed by atoms with Crippen LogP contribution in [0.4, 0.5) is 10.1 Å². The molecule has 1 heterocycles. The van der Waals surface area contributed by atoms with Crippen LogP contribution in [0.15, 0.2) is 70.0 Å². The summed E-state index contributed by atoms with van der Waals surface area (Å²) >= 11 is 0. The third-order valence-electron chi connectivity index (χ3n) is 12.1. The van der Waals surface area contributed by atoms with E-state index in [4.69, 9.17) is 14.6 Å². The van der Waals surface area contributed by atoms with Crippen LogP contribution in [0, 0.1) is 45.2 Å². The summed E-state index contributed by atoms with van der Waals surface area (Å²) < 4.78 is 25.3. The summed E-state index contributed by atoms with van der Waals surface area (Å²) in [4.78, 5) is 13.3. The maximum Gasteiger partial charge on any atom is 0.374 e. The molecule has 0 bridgehead atoms. The maximum absolute atomic E-state index is 13.5. The largest absolute Gasteiger partial charge is 0.457 e. The Morgan fingerprint density at radius 1 is 1.23 bits per heavy atom. The normalized spacial score (nSPS) is 37.6. The molecular weight excluding hydrogens is 545 g/mol. The number of fused-ring (bicyclic) bond motifs is 5. The molecule has 5 N–H and O–H groups in total. The Labute approximate surface area is 253 Å². The Hall–Kier alpha value is -3.07. The van der Waals surface area contributed by atoms with Crippen LogP contribution in [0.5, 0.6) is 0 Å². The number of nitrogens with one attached hydrogen (secondary N) is 2. The van der Waals surface area contributed by atoms with Crippen LogP contribution in [-0.4, -0.2) is 36.2 Å². The van der Waals surface area contributed by atoms with E-state index < -0.39 is 23.2 Å². The number of ether oxygens (including phenoxy) is 1. The van der Waals surface area contributed by atoms with Crippen LogP contribution < -0.4 is 10.6 Å². The highest BCUT2D eigenvalue weighted by Crippen LogP contribution is 2.74. The lowest BCUT2D eigenvalue weighted by Gasteiger charge is -2.66. The third kappa shape index (κ3) is 4.39.